The molecule has 0 saturated heterocycles. The molecule has 0 radical (unpaired) electrons. The number of aliphatic hydroxyl groups is 1. The molecule has 0 saturated carbocycles. The number of hydrogen-bond acceptors (Lipinski definition) is 1. The Morgan fingerprint density at radius 2 is 2.27 bits per heavy atom. The van der Waals surface area contributed by atoms with E-state index in [4.69, 9.17) is 6.42 Å². The Hall–Kier alpha value is -0.740. The second-order valence-corrected chi connectivity index (χ2v) is 2.83. The zero-order chi connectivity index (χ0) is 8.85. The summed E-state index contributed by atoms with van der Waals surface area (Å²) in [6, 6.07) is 0. The summed E-state index contributed by atoms with van der Waals surface area (Å²) >= 11 is 0. The quantitative estimate of drug-likeness (QED) is 0.613. The summed E-state index contributed by atoms with van der Waals surface area (Å²) in [7, 11) is 0. The normalized spacial score (nSPS) is 17.2. The van der Waals surface area contributed by atoms with Gasteiger partial charge < -0.3 is 5.11 Å². The molecule has 2 atom stereocenters. The minimum absolute atomic E-state index is 0.163. The van der Waals surface area contributed by atoms with Crippen molar-refractivity contribution >= 4 is 0 Å². The van der Waals surface area contributed by atoms with E-state index < -0.39 is 0 Å². The number of terminal acetylenes is 1. The van der Waals surface area contributed by atoms with Gasteiger partial charge in [0.05, 0.1) is 6.10 Å². The van der Waals surface area contributed by atoms with Crippen molar-refractivity contribution in [1.29, 1.82) is 0 Å². The Labute approximate surface area is 69.1 Å². The van der Waals surface area contributed by atoms with Crippen molar-refractivity contribution in [2.45, 2.75) is 33.3 Å². The summed E-state index contributed by atoms with van der Waals surface area (Å²) < 4.78 is 0. The highest BCUT2D eigenvalue weighted by molar-refractivity contribution is 5.23. The maximum atomic E-state index is 9.36. The molecule has 11 heavy (non-hydrogen) atoms. The van der Waals surface area contributed by atoms with Crippen molar-refractivity contribution in [3.63, 3.8) is 0 Å². The monoisotopic (exact) mass is 152 g/mol. The molecule has 0 heterocycles. The summed E-state index contributed by atoms with van der Waals surface area (Å²) in [6.45, 7) is 5.80. The predicted molar refractivity (Wildman–Crippen MR) is 48.1 cm³/mol. The Morgan fingerprint density at radius 3 is 2.64 bits per heavy atom. The van der Waals surface area contributed by atoms with E-state index in [2.05, 4.69) is 5.92 Å². The van der Waals surface area contributed by atoms with Crippen molar-refractivity contribution in [2.24, 2.45) is 5.92 Å². The fourth-order valence-corrected chi connectivity index (χ4v) is 0.925. The number of hydrogen-bond donors (Lipinski definition) is 1. The molecule has 0 amide bonds. The molecule has 0 spiro atoms. The lowest BCUT2D eigenvalue weighted by Gasteiger charge is -2.12. The molecule has 0 bridgehead atoms. The third-order valence-corrected chi connectivity index (χ3v) is 1.77. The molecule has 0 aromatic carbocycles. The highest BCUT2D eigenvalue weighted by Gasteiger charge is 2.08. The first-order valence-corrected chi connectivity index (χ1v) is 3.94. The van der Waals surface area contributed by atoms with E-state index in [9.17, 15) is 5.11 Å². The minimum atomic E-state index is -0.265. The van der Waals surface area contributed by atoms with Crippen LogP contribution in [0.15, 0.2) is 11.6 Å². The van der Waals surface area contributed by atoms with E-state index in [-0.39, 0.29) is 12.0 Å². The Kier molecular flexibility index (Phi) is 4.65. The van der Waals surface area contributed by atoms with Gasteiger partial charge in [-0.05, 0) is 18.9 Å². The van der Waals surface area contributed by atoms with E-state index in [1.807, 2.05) is 26.8 Å². The van der Waals surface area contributed by atoms with Crippen molar-refractivity contribution < 1.29 is 5.11 Å². The molecule has 62 valence electrons. The van der Waals surface area contributed by atoms with Gasteiger partial charge in [0.15, 0.2) is 0 Å². The average Bonchev–Trinajstić information content (AvgIpc) is 2.02. The Bertz CT molecular complexity index is 174. The van der Waals surface area contributed by atoms with Crippen LogP contribution in [0.25, 0.3) is 0 Å². The zero-order valence-corrected chi connectivity index (χ0v) is 7.46. The smallest absolute Gasteiger partial charge is 0.0597 e. The molecule has 0 aliphatic rings. The SMILES string of the molecule is C#C/C(C)=C/[C@H](C)[C@H](O)CC. The van der Waals surface area contributed by atoms with Gasteiger partial charge in [0.2, 0.25) is 0 Å². The largest absolute Gasteiger partial charge is 0.393 e. The molecule has 0 fully saturated rings. The fraction of sp³-hybridized carbons (Fsp3) is 0.600. The molecule has 1 nitrogen and oxygen atoms in total. The molecule has 1 heteroatoms. The van der Waals surface area contributed by atoms with Gasteiger partial charge in [-0.3, -0.25) is 0 Å². The van der Waals surface area contributed by atoms with Crippen LogP contribution in [0.2, 0.25) is 0 Å². The summed E-state index contributed by atoms with van der Waals surface area (Å²) in [5.41, 5.74) is 0.894. The summed E-state index contributed by atoms with van der Waals surface area (Å²) in [6.07, 6.45) is 7.59. The van der Waals surface area contributed by atoms with Crippen molar-refractivity contribution in [1.82, 2.24) is 0 Å². The maximum absolute atomic E-state index is 9.36. The van der Waals surface area contributed by atoms with Crippen molar-refractivity contribution in [3.8, 4) is 12.3 Å². The molecule has 0 aromatic rings. The lowest BCUT2D eigenvalue weighted by Crippen LogP contribution is -2.14. The first-order chi connectivity index (χ1) is 5.11. The topological polar surface area (TPSA) is 20.2 Å². The van der Waals surface area contributed by atoms with E-state index in [1.165, 1.54) is 0 Å². The van der Waals surface area contributed by atoms with Crippen molar-refractivity contribution in [2.75, 3.05) is 0 Å². The van der Waals surface area contributed by atoms with Gasteiger partial charge in [-0.25, -0.2) is 0 Å². The van der Waals surface area contributed by atoms with E-state index in [0.29, 0.717) is 0 Å². The fourth-order valence-electron chi connectivity index (χ4n) is 0.925. The van der Waals surface area contributed by atoms with Gasteiger partial charge in [0, 0.05) is 5.92 Å². The van der Waals surface area contributed by atoms with Gasteiger partial charge in [0.1, 0.15) is 0 Å². The van der Waals surface area contributed by atoms with Crippen LogP contribution in [0.5, 0.6) is 0 Å². The molecule has 0 aliphatic carbocycles. The molecule has 0 aromatic heterocycles. The second-order valence-electron chi connectivity index (χ2n) is 2.83. The minimum Gasteiger partial charge on any atom is -0.393 e. The van der Waals surface area contributed by atoms with E-state index in [1.54, 1.807) is 0 Å². The van der Waals surface area contributed by atoms with Gasteiger partial charge in [-0.2, -0.15) is 0 Å². The van der Waals surface area contributed by atoms with Gasteiger partial charge in [-0.1, -0.05) is 25.8 Å². The van der Waals surface area contributed by atoms with E-state index in [0.717, 1.165) is 12.0 Å². The lowest BCUT2D eigenvalue weighted by molar-refractivity contribution is 0.133. The molecule has 0 aliphatic heterocycles. The van der Waals surface area contributed by atoms with Gasteiger partial charge >= 0.3 is 0 Å². The van der Waals surface area contributed by atoms with Gasteiger partial charge in [-0.15, -0.1) is 6.42 Å². The molecule has 1 N–H and O–H groups in total. The third-order valence-electron chi connectivity index (χ3n) is 1.77. The Balaban J connectivity index is 4.07. The standard InChI is InChI=1S/C10H16O/c1-5-8(3)7-9(4)10(11)6-2/h1,7,9-11H,6H2,2-4H3/b8-7+/t9-,10+/m0/s1. The van der Waals surface area contributed by atoms with Crippen LogP contribution >= 0.6 is 0 Å². The Morgan fingerprint density at radius 1 is 1.73 bits per heavy atom. The molecular weight excluding hydrogens is 136 g/mol. The summed E-state index contributed by atoms with van der Waals surface area (Å²) in [5.74, 6) is 2.69. The maximum Gasteiger partial charge on any atom is 0.0597 e. The number of allylic oxidation sites excluding steroid dienone is 1. The van der Waals surface area contributed by atoms with Gasteiger partial charge in [0.25, 0.3) is 0 Å². The summed E-state index contributed by atoms with van der Waals surface area (Å²) in [5, 5.41) is 9.36. The summed E-state index contributed by atoms with van der Waals surface area (Å²) in [4.78, 5) is 0. The van der Waals surface area contributed by atoms with Crippen molar-refractivity contribution in [3.05, 3.63) is 11.6 Å². The number of aliphatic hydroxyl groups excluding tert-OH is 1. The molecule has 0 unspecified atom stereocenters. The second kappa shape index (κ2) is 4.98. The highest BCUT2D eigenvalue weighted by Crippen LogP contribution is 2.10. The van der Waals surface area contributed by atoms with Crippen LogP contribution in [0, 0.1) is 18.3 Å². The zero-order valence-electron chi connectivity index (χ0n) is 7.46. The van der Waals surface area contributed by atoms with Crippen LogP contribution in [-0.2, 0) is 0 Å². The number of rotatable bonds is 3. The first-order valence-electron chi connectivity index (χ1n) is 3.94. The third kappa shape index (κ3) is 3.85. The highest BCUT2D eigenvalue weighted by atomic mass is 16.3. The van der Waals surface area contributed by atoms with Crippen LogP contribution in [-0.4, -0.2) is 11.2 Å². The van der Waals surface area contributed by atoms with Crippen LogP contribution in [0.1, 0.15) is 27.2 Å². The van der Waals surface area contributed by atoms with Crippen LogP contribution in [0.3, 0.4) is 0 Å². The average molecular weight is 152 g/mol. The molecular formula is C10H16O. The predicted octanol–water partition coefficient (Wildman–Crippen LogP) is 1.97. The first kappa shape index (κ1) is 10.3. The van der Waals surface area contributed by atoms with Crippen LogP contribution in [0.4, 0.5) is 0 Å². The van der Waals surface area contributed by atoms with E-state index >= 15 is 0 Å². The van der Waals surface area contributed by atoms with Crippen LogP contribution < -0.4 is 0 Å². The molecule has 0 rings (SSSR count). The lowest BCUT2D eigenvalue weighted by atomic mass is 10.0.